The third-order valence-corrected chi connectivity index (χ3v) is 2.30. The molecule has 0 aliphatic carbocycles. The summed E-state index contributed by atoms with van der Waals surface area (Å²) >= 11 is 0. The number of ether oxygens (including phenoxy) is 1. The Morgan fingerprint density at radius 3 is 2.62 bits per heavy atom. The summed E-state index contributed by atoms with van der Waals surface area (Å²) in [7, 11) is 0. The molecule has 0 aliphatic rings. The highest BCUT2D eigenvalue weighted by molar-refractivity contribution is 5.96. The number of Topliss-reactive ketones (excluding diaryl/α,β-unsaturated/α-hetero) is 1. The topological polar surface area (TPSA) is 26.3 Å². The van der Waals surface area contributed by atoms with Crippen LogP contribution < -0.4 is 4.74 Å². The molecule has 0 fully saturated rings. The van der Waals surface area contributed by atoms with Gasteiger partial charge in [-0.3, -0.25) is 4.79 Å². The summed E-state index contributed by atoms with van der Waals surface area (Å²) in [5, 5.41) is 0. The second kappa shape index (κ2) is 6.83. The van der Waals surface area contributed by atoms with Crippen LogP contribution in [0.2, 0.25) is 0 Å². The minimum Gasteiger partial charge on any atom is -0.494 e. The Labute approximate surface area is 96.9 Å². The summed E-state index contributed by atoms with van der Waals surface area (Å²) in [5.74, 6) is 0.995. The molecule has 0 aromatic heterocycles. The summed E-state index contributed by atoms with van der Waals surface area (Å²) in [6, 6.07) is 7.32. The van der Waals surface area contributed by atoms with Crippen molar-refractivity contribution >= 4 is 5.78 Å². The van der Waals surface area contributed by atoms with Crippen molar-refractivity contribution in [3.8, 4) is 5.75 Å². The highest BCUT2D eigenvalue weighted by Gasteiger charge is 2.04. The molecule has 0 saturated heterocycles. The molecule has 0 atom stereocenters. The lowest BCUT2D eigenvalue weighted by Gasteiger charge is -2.04. The van der Waals surface area contributed by atoms with Gasteiger partial charge in [0.05, 0.1) is 6.61 Å². The van der Waals surface area contributed by atoms with Crippen LogP contribution in [0.4, 0.5) is 0 Å². The predicted molar refractivity (Wildman–Crippen MR) is 66.0 cm³/mol. The van der Waals surface area contributed by atoms with Crippen LogP contribution in [0.3, 0.4) is 0 Å². The van der Waals surface area contributed by atoms with Crippen molar-refractivity contribution in [2.75, 3.05) is 6.61 Å². The highest BCUT2D eigenvalue weighted by atomic mass is 16.5. The fourth-order valence-corrected chi connectivity index (χ4v) is 1.46. The third kappa shape index (κ3) is 3.89. The number of unbranched alkanes of at least 4 members (excludes halogenated alkanes) is 1. The molecular weight excluding hydrogens is 200 g/mol. The SMILES string of the molecule is C=CCCCC(=O)c1ccc(OCC)cc1. The van der Waals surface area contributed by atoms with Crippen molar-refractivity contribution in [3.05, 3.63) is 42.5 Å². The van der Waals surface area contributed by atoms with Gasteiger partial charge < -0.3 is 4.74 Å². The lowest BCUT2D eigenvalue weighted by atomic mass is 10.1. The van der Waals surface area contributed by atoms with Gasteiger partial charge in [-0.1, -0.05) is 6.08 Å². The number of allylic oxidation sites excluding steroid dienone is 1. The minimum absolute atomic E-state index is 0.185. The normalized spacial score (nSPS) is 9.81. The number of hydrogen-bond acceptors (Lipinski definition) is 2. The minimum atomic E-state index is 0.185. The van der Waals surface area contributed by atoms with Crippen LogP contribution in [-0.4, -0.2) is 12.4 Å². The number of hydrogen-bond donors (Lipinski definition) is 0. The first kappa shape index (κ1) is 12.5. The van der Waals surface area contributed by atoms with Gasteiger partial charge in [0.1, 0.15) is 5.75 Å². The summed E-state index contributed by atoms with van der Waals surface area (Å²) in [6.45, 7) is 6.22. The third-order valence-electron chi connectivity index (χ3n) is 2.30. The van der Waals surface area contributed by atoms with Crippen molar-refractivity contribution in [3.63, 3.8) is 0 Å². The smallest absolute Gasteiger partial charge is 0.162 e. The number of carbonyl (C=O) groups is 1. The first-order valence-corrected chi connectivity index (χ1v) is 5.65. The maximum atomic E-state index is 11.7. The second-order valence-corrected chi connectivity index (χ2v) is 3.56. The zero-order valence-corrected chi connectivity index (χ0v) is 9.74. The van der Waals surface area contributed by atoms with E-state index in [2.05, 4.69) is 6.58 Å². The molecule has 0 N–H and O–H groups in total. The van der Waals surface area contributed by atoms with Crippen LogP contribution in [-0.2, 0) is 0 Å². The van der Waals surface area contributed by atoms with Crippen LogP contribution in [0.25, 0.3) is 0 Å². The molecule has 0 amide bonds. The first-order chi connectivity index (χ1) is 7.77. The lowest BCUT2D eigenvalue weighted by molar-refractivity contribution is 0.0980. The van der Waals surface area contributed by atoms with Crippen molar-refractivity contribution in [1.29, 1.82) is 0 Å². The predicted octanol–water partition coefficient (Wildman–Crippen LogP) is 3.62. The summed E-state index contributed by atoms with van der Waals surface area (Å²) in [6.07, 6.45) is 4.18. The van der Waals surface area contributed by atoms with E-state index in [4.69, 9.17) is 4.74 Å². The van der Waals surface area contributed by atoms with Crippen LogP contribution in [0, 0.1) is 0 Å². The summed E-state index contributed by atoms with van der Waals surface area (Å²) in [4.78, 5) is 11.7. The van der Waals surface area contributed by atoms with Gasteiger partial charge in [-0.15, -0.1) is 6.58 Å². The quantitative estimate of drug-likeness (QED) is 0.397. The fraction of sp³-hybridized carbons (Fsp3) is 0.357. The number of ketones is 1. The molecule has 0 saturated carbocycles. The average Bonchev–Trinajstić information content (AvgIpc) is 2.30. The Morgan fingerprint density at radius 2 is 2.06 bits per heavy atom. The molecule has 0 radical (unpaired) electrons. The molecule has 0 spiro atoms. The van der Waals surface area contributed by atoms with Gasteiger partial charge in [0.2, 0.25) is 0 Å². The molecule has 1 rings (SSSR count). The van der Waals surface area contributed by atoms with Crippen molar-refractivity contribution < 1.29 is 9.53 Å². The highest BCUT2D eigenvalue weighted by Crippen LogP contribution is 2.14. The van der Waals surface area contributed by atoms with Gasteiger partial charge in [0.15, 0.2) is 5.78 Å². The average molecular weight is 218 g/mol. The van der Waals surface area contributed by atoms with Crippen molar-refractivity contribution in [1.82, 2.24) is 0 Å². The molecule has 0 unspecified atom stereocenters. The van der Waals surface area contributed by atoms with Gasteiger partial charge in [0, 0.05) is 12.0 Å². The van der Waals surface area contributed by atoms with Gasteiger partial charge in [-0.05, 0) is 44.0 Å². The zero-order valence-electron chi connectivity index (χ0n) is 9.74. The maximum absolute atomic E-state index is 11.7. The number of benzene rings is 1. The van der Waals surface area contributed by atoms with E-state index in [0.29, 0.717) is 13.0 Å². The molecule has 1 aromatic carbocycles. The molecule has 2 heteroatoms. The Balaban J connectivity index is 2.52. The molecule has 1 aromatic rings. The second-order valence-electron chi connectivity index (χ2n) is 3.56. The van der Waals surface area contributed by atoms with E-state index >= 15 is 0 Å². The lowest BCUT2D eigenvalue weighted by Crippen LogP contribution is -1.99. The van der Waals surface area contributed by atoms with Crippen LogP contribution >= 0.6 is 0 Å². The first-order valence-electron chi connectivity index (χ1n) is 5.65. The molecular formula is C14H18O2. The van der Waals surface area contributed by atoms with Gasteiger partial charge >= 0.3 is 0 Å². The monoisotopic (exact) mass is 218 g/mol. The molecule has 0 aliphatic heterocycles. The van der Waals surface area contributed by atoms with E-state index in [1.165, 1.54) is 0 Å². The number of carbonyl (C=O) groups excluding carboxylic acids is 1. The Morgan fingerprint density at radius 1 is 1.38 bits per heavy atom. The van der Waals surface area contributed by atoms with E-state index in [1.54, 1.807) is 0 Å². The molecule has 0 heterocycles. The zero-order chi connectivity index (χ0) is 11.8. The Kier molecular flexibility index (Phi) is 5.34. The summed E-state index contributed by atoms with van der Waals surface area (Å²) in [5.41, 5.74) is 0.757. The summed E-state index contributed by atoms with van der Waals surface area (Å²) < 4.78 is 5.31. The van der Waals surface area contributed by atoms with E-state index < -0.39 is 0 Å². The van der Waals surface area contributed by atoms with E-state index in [9.17, 15) is 4.79 Å². The van der Waals surface area contributed by atoms with E-state index in [1.807, 2.05) is 37.3 Å². The largest absolute Gasteiger partial charge is 0.494 e. The van der Waals surface area contributed by atoms with Gasteiger partial charge in [-0.25, -0.2) is 0 Å². The number of rotatable bonds is 7. The van der Waals surface area contributed by atoms with Crippen molar-refractivity contribution in [2.45, 2.75) is 26.2 Å². The standard InChI is InChI=1S/C14H18O2/c1-3-5-6-7-14(15)12-8-10-13(11-9-12)16-4-2/h3,8-11H,1,4-7H2,2H3. The maximum Gasteiger partial charge on any atom is 0.162 e. The van der Waals surface area contributed by atoms with E-state index in [0.717, 1.165) is 24.2 Å². The molecule has 0 bridgehead atoms. The van der Waals surface area contributed by atoms with Crippen LogP contribution in [0.15, 0.2) is 36.9 Å². The molecule has 16 heavy (non-hydrogen) atoms. The molecule has 2 nitrogen and oxygen atoms in total. The van der Waals surface area contributed by atoms with E-state index in [-0.39, 0.29) is 5.78 Å². The van der Waals surface area contributed by atoms with Crippen LogP contribution in [0.1, 0.15) is 36.5 Å². The Bertz CT molecular complexity index is 338. The van der Waals surface area contributed by atoms with Gasteiger partial charge in [-0.2, -0.15) is 0 Å². The van der Waals surface area contributed by atoms with Crippen molar-refractivity contribution in [2.24, 2.45) is 0 Å². The van der Waals surface area contributed by atoms with Crippen LogP contribution in [0.5, 0.6) is 5.75 Å². The Hall–Kier alpha value is -1.57. The van der Waals surface area contributed by atoms with Gasteiger partial charge in [0.25, 0.3) is 0 Å². The fourth-order valence-electron chi connectivity index (χ4n) is 1.46. The molecule has 86 valence electrons.